The number of ether oxygens (including phenoxy) is 2. The van der Waals surface area contributed by atoms with E-state index in [9.17, 15) is 15.3 Å². The van der Waals surface area contributed by atoms with Crippen LogP contribution >= 0.6 is 0 Å². The molecule has 0 bridgehead atoms. The lowest BCUT2D eigenvalue weighted by atomic mass is 10.1. The molecule has 4 atom stereocenters. The predicted octanol–water partition coefficient (Wildman–Crippen LogP) is -1.19. The van der Waals surface area contributed by atoms with Crippen molar-refractivity contribution in [3.8, 4) is 6.01 Å². The second kappa shape index (κ2) is 6.24. The molecule has 2 aromatic rings. The lowest BCUT2D eigenvalue weighted by molar-refractivity contribution is -0.0511. The predicted molar refractivity (Wildman–Crippen MR) is 78.5 cm³/mol. The molecule has 3 heterocycles. The number of nitrogens with two attached hydrogens (primary N) is 1. The molecule has 0 spiro atoms. The van der Waals surface area contributed by atoms with Gasteiger partial charge < -0.3 is 30.5 Å². The van der Waals surface area contributed by atoms with E-state index in [0.29, 0.717) is 17.8 Å². The third-order valence-electron chi connectivity index (χ3n) is 3.65. The number of nitrogens with zero attached hydrogens (tertiary/aromatic N) is 4. The van der Waals surface area contributed by atoms with Crippen molar-refractivity contribution in [3.63, 3.8) is 0 Å². The number of rotatable bonds is 5. The fourth-order valence-electron chi connectivity index (χ4n) is 2.47. The number of hydrogen-bond donors (Lipinski definition) is 4. The molecule has 1 aliphatic rings. The standard InChI is InChI=1S/C13H19N5O5/c1-2-3-22-13-16-10(14)7-11(17-13)18(5-15-7)12-9(21)8(20)6(4-19)23-12/h5-6,8-9,12,19-21H,2-4H2,1H3,(H2,14,16,17)/t6-,8?,9?,12-/m1/s1. The van der Waals surface area contributed by atoms with Gasteiger partial charge >= 0.3 is 6.01 Å². The maximum Gasteiger partial charge on any atom is 0.320 e. The highest BCUT2D eigenvalue weighted by molar-refractivity contribution is 5.82. The third kappa shape index (κ3) is 2.70. The smallest absolute Gasteiger partial charge is 0.320 e. The van der Waals surface area contributed by atoms with Crippen molar-refractivity contribution in [2.75, 3.05) is 18.9 Å². The van der Waals surface area contributed by atoms with E-state index < -0.39 is 31.1 Å². The summed E-state index contributed by atoms with van der Waals surface area (Å²) in [6.07, 6.45) is -2.10. The number of aromatic nitrogens is 4. The second-order valence-electron chi connectivity index (χ2n) is 5.29. The van der Waals surface area contributed by atoms with Gasteiger partial charge in [0.2, 0.25) is 0 Å². The molecule has 10 nitrogen and oxygen atoms in total. The first-order valence-corrected chi connectivity index (χ1v) is 7.32. The minimum atomic E-state index is -1.24. The maximum atomic E-state index is 10.1. The summed E-state index contributed by atoms with van der Waals surface area (Å²) in [4.78, 5) is 12.4. The molecule has 3 rings (SSSR count). The van der Waals surface area contributed by atoms with Gasteiger partial charge in [-0.2, -0.15) is 9.97 Å². The molecule has 0 saturated carbocycles. The number of imidazole rings is 1. The quantitative estimate of drug-likeness (QED) is 0.532. The normalized spacial score (nSPS) is 27.7. The first-order chi connectivity index (χ1) is 11.1. The second-order valence-corrected chi connectivity index (χ2v) is 5.29. The van der Waals surface area contributed by atoms with Crippen LogP contribution in [0.1, 0.15) is 19.6 Å². The zero-order valence-electron chi connectivity index (χ0n) is 12.5. The van der Waals surface area contributed by atoms with Crippen LogP contribution in [0.4, 0.5) is 5.82 Å². The van der Waals surface area contributed by atoms with E-state index in [2.05, 4.69) is 15.0 Å². The minimum absolute atomic E-state index is 0.102. The first-order valence-electron chi connectivity index (χ1n) is 7.32. The zero-order chi connectivity index (χ0) is 16.6. The number of anilines is 1. The van der Waals surface area contributed by atoms with Crippen molar-refractivity contribution >= 4 is 17.0 Å². The Morgan fingerprint density at radius 3 is 2.78 bits per heavy atom. The summed E-state index contributed by atoms with van der Waals surface area (Å²) in [5.74, 6) is 0.145. The number of aliphatic hydroxyl groups excluding tert-OH is 3. The summed E-state index contributed by atoms with van der Waals surface area (Å²) in [6, 6.07) is 0.102. The van der Waals surface area contributed by atoms with Gasteiger partial charge in [-0.25, -0.2) is 4.98 Å². The molecule has 126 valence electrons. The summed E-state index contributed by atoms with van der Waals surface area (Å²) in [7, 11) is 0. The van der Waals surface area contributed by atoms with Crippen molar-refractivity contribution < 1.29 is 24.8 Å². The van der Waals surface area contributed by atoms with Crippen LogP contribution in [0.2, 0.25) is 0 Å². The SMILES string of the molecule is CCCOc1nc(N)c2ncn([C@@H]3O[C@H](CO)C(O)C3O)c2n1. The van der Waals surface area contributed by atoms with E-state index >= 15 is 0 Å². The maximum absolute atomic E-state index is 10.1. The van der Waals surface area contributed by atoms with E-state index in [1.807, 2.05) is 6.92 Å². The Hall–Kier alpha value is -2.01. The highest BCUT2D eigenvalue weighted by Gasteiger charge is 2.44. The van der Waals surface area contributed by atoms with Crippen LogP contribution in [-0.2, 0) is 4.74 Å². The molecule has 1 fully saturated rings. The number of fused-ring (bicyclic) bond motifs is 1. The molecule has 5 N–H and O–H groups in total. The molecule has 2 aromatic heterocycles. The average molecular weight is 325 g/mol. The third-order valence-corrected chi connectivity index (χ3v) is 3.65. The lowest BCUT2D eigenvalue weighted by Gasteiger charge is -2.16. The van der Waals surface area contributed by atoms with Crippen LogP contribution in [0.25, 0.3) is 11.2 Å². The van der Waals surface area contributed by atoms with Gasteiger partial charge in [0.25, 0.3) is 0 Å². The highest BCUT2D eigenvalue weighted by Crippen LogP contribution is 2.32. The van der Waals surface area contributed by atoms with Crippen LogP contribution in [0.15, 0.2) is 6.33 Å². The Bertz CT molecular complexity index is 693. The Balaban J connectivity index is 1.99. The Kier molecular flexibility index (Phi) is 4.31. The zero-order valence-corrected chi connectivity index (χ0v) is 12.5. The summed E-state index contributed by atoms with van der Waals surface area (Å²) in [5, 5.41) is 29.2. The number of aliphatic hydroxyl groups is 3. The van der Waals surface area contributed by atoms with Crippen molar-refractivity contribution in [3.05, 3.63) is 6.33 Å². The summed E-state index contributed by atoms with van der Waals surface area (Å²) in [5.41, 5.74) is 6.51. The highest BCUT2D eigenvalue weighted by atomic mass is 16.6. The van der Waals surface area contributed by atoms with E-state index in [1.165, 1.54) is 10.9 Å². The van der Waals surface area contributed by atoms with Gasteiger partial charge in [-0.3, -0.25) is 4.57 Å². The van der Waals surface area contributed by atoms with Gasteiger partial charge in [0.1, 0.15) is 18.3 Å². The molecule has 1 saturated heterocycles. The molecular formula is C13H19N5O5. The Labute approximate surface area is 131 Å². The molecule has 1 aliphatic heterocycles. The molecule has 0 amide bonds. The summed E-state index contributed by atoms with van der Waals surface area (Å²) in [6.45, 7) is 1.97. The molecule has 0 aromatic carbocycles. The molecule has 0 aliphatic carbocycles. The molecule has 2 unspecified atom stereocenters. The lowest BCUT2D eigenvalue weighted by Crippen LogP contribution is -2.33. The molecule has 10 heteroatoms. The van der Waals surface area contributed by atoms with Crippen LogP contribution in [0, 0.1) is 0 Å². The van der Waals surface area contributed by atoms with E-state index in [4.69, 9.17) is 15.2 Å². The fourth-order valence-corrected chi connectivity index (χ4v) is 2.47. The van der Waals surface area contributed by atoms with E-state index in [-0.39, 0.29) is 11.8 Å². The molecule has 0 radical (unpaired) electrons. The van der Waals surface area contributed by atoms with Gasteiger partial charge in [0.05, 0.1) is 19.5 Å². The van der Waals surface area contributed by atoms with Crippen LogP contribution < -0.4 is 10.5 Å². The van der Waals surface area contributed by atoms with Gasteiger partial charge in [0.15, 0.2) is 23.2 Å². The van der Waals surface area contributed by atoms with E-state index in [1.54, 1.807) is 0 Å². The van der Waals surface area contributed by atoms with Crippen LogP contribution in [-0.4, -0.2) is 66.4 Å². The van der Waals surface area contributed by atoms with Crippen molar-refractivity contribution in [2.45, 2.75) is 37.9 Å². The van der Waals surface area contributed by atoms with Gasteiger partial charge in [0, 0.05) is 0 Å². The summed E-state index contributed by atoms with van der Waals surface area (Å²) >= 11 is 0. The topological polar surface area (TPSA) is 149 Å². The van der Waals surface area contributed by atoms with Crippen molar-refractivity contribution in [1.82, 2.24) is 19.5 Å². The average Bonchev–Trinajstić information content (AvgIpc) is 3.08. The molecular weight excluding hydrogens is 306 g/mol. The molecule has 23 heavy (non-hydrogen) atoms. The van der Waals surface area contributed by atoms with Gasteiger partial charge in [-0.1, -0.05) is 6.92 Å². The number of hydrogen-bond acceptors (Lipinski definition) is 9. The number of nitrogen functional groups attached to an aromatic ring is 1. The van der Waals surface area contributed by atoms with Gasteiger partial charge in [-0.15, -0.1) is 0 Å². The fraction of sp³-hybridized carbons (Fsp3) is 0.615. The van der Waals surface area contributed by atoms with Crippen LogP contribution in [0.5, 0.6) is 6.01 Å². The van der Waals surface area contributed by atoms with Crippen molar-refractivity contribution in [2.24, 2.45) is 0 Å². The Morgan fingerprint density at radius 2 is 2.13 bits per heavy atom. The Morgan fingerprint density at radius 1 is 1.35 bits per heavy atom. The van der Waals surface area contributed by atoms with Crippen LogP contribution in [0.3, 0.4) is 0 Å². The monoisotopic (exact) mass is 325 g/mol. The van der Waals surface area contributed by atoms with Crippen molar-refractivity contribution in [1.29, 1.82) is 0 Å². The largest absolute Gasteiger partial charge is 0.463 e. The van der Waals surface area contributed by atoms with E-state index in [0.717, 1.165) is 6.42 Å². The minimum Gasteiger partial charge on any atom is -0.463 e. The van der Waals surface area contributed by atoms with Gasteiger partial charge in [-0.05, 0) is 6.42 Å². The summed E-state index contributed by atoms with van der Waals surface area (Å²) < 4.78 is 12.3. The first kappa shape index (κ1) is 15.9.